The molecule has 2 aromatic carbocycles. The van der Waals surface area contributed by atoms with Crippen LogP contribution in [0, 0.1) is 5.92 Å². The minimum Gasteiger partial charge on any atom is -0.444 e. The Morgan fingerprint density at radius 3 is 2.66 bits per heavy atom. The van der Waals surface area contributed by atoms with Crippen molar-refractivity contribution in [2.24, 2.45) is 5.92 Å². The van der Waals surface area contributed by atoms with E-state index >= 15 is 0 Å². The Labute approximate surface area is 261 Å². The van der Waals surface area contributed by atoms with E-state index in [2.05, 4.69) is 10.4 Å². The standard InChI is InChI=1S/C31H32ClF3N4O4S/c1-30(2,3)43-28(41)37-23-6-4-5-19(12-23)16-38-27(40)26(44-29(38)42)13-18-7-10-25-21(11-18)15-36-39(25)17-20-8-9-22(32)14-24(20)31(33,34)35/h7-11,13-15,19,23H,4-6,12,16-17H2,1-3H3,(H,37,41)/t19-,23-/m0/s1. The van der Waals surface area contributed by atoms with Crippen LogP contribution in [-0.4, -0.2) is 50.1 Å². The maximum atomic E-state index is 13.6. The number of aromatic nitrogens is 2. The first-order valence-electron chi connectivity index (χ1n) is 14.2. The van der Waals surface area contributed by atoms with Gasteiger partial charge in [-0.25, -0.2) is 4.79 Å². The van der Waals surface area contributed by atoms with Crippen LogP contribution in [0.15, 0.2) is 47.5 Å². The van der Waals surface area contributed by atoms with Gasteiger partial charge in [0.1, 0.15) is 5.60 Å². The van der Waals surface area contributed by atoms with Gasteiger partial charge in [0.05, 0.1) is 28.7 Å². The molecule has 2 atom stereocenters. The smallest absolute Gasteiger partial charge is 0.416 e. The van der Waals surface area contributed by atoms with Crippen LogP contribution in [0.4, 0.5) is 22.8 Å². The van der Waals surface area contributed by atoms with Gasteiger partial charge in [0.15, 0.2) is 0 Å². The number of fused-ring (bicyclic) bond motifs is 1. The molecule has 2 heterocycles. The lowest BCUT2D eigenvalue weighted by atomic mass is 9.85. The number of ether oxygens (including phenoxy) is 1. The molecule has 1 aliphatic carbocycles. The highest BCUT2D eigenvalue weighted by molar-refractivity contribution is 8.18. The second-order valence-electron chi connectivity index (χ2n) is 12.1. The minimum atomic E-state index is -4.56. The van der Waals surface area contributed by atoms with Gasteiger partial charge in [-0.05, 0) is 99.2 Å². The third-order valence-corrected chi connectivity index (χ3v) is 8.62. The van der Waals surface area contributed by atoms with Gasteiger partial charge in [0.25, 0.3) is 11.1 Å². The molecular formula is C31H32ClF3N4O4S. The molecule has 0 radical (unpaired) electrons. The summed E-state index contributed by atoms with van der Waals surface area (Å²) in [7, 11) is 0. The van der Waals surface area contributed by atoms with Crippen LogP contribution in [0.1, 0.15) is 63.1 Å². The number of carbonyl (C=O) groups excluding carboxylic acids is 3. The molecule has 3 aromatic rings. The number of nitrogens with zero attached hydrogens (tertiary/aromatic N) is 3. The van der Waals surface area contributed by atoms with Crippen LogP contribution in [0.5, 0.6) is 0 Å². The molecule has 1 aliphatic heterocycles. The first-order chi connectivity index (χ1) is 20.7. The molecule has 2 fully saturated rings. The normalized spacial score (nSPS) is 20.5. The Morgan fingerprint density at radius 2 is 1.93 bits per heavy atom. The number of hydrogen-bond donors (Lipinski definition) is 1. The molecule has 1 saturated carbocycles. The van der Waals surface area contributed by atoms with Crippen LogP contribution in [-0.2, 0) is 22.3 Å². The molecule has 1 N–H and O–H groups in total. The number of imide groups is 1. The molecule has 44 heavy (non-hydrogen) atoms. The zero-order valence-electron chi connectivity index (χ0n) is 24.4. The van der Waals surface area contributed by atoms with E-state index in [0.29, 0.717) is 22.9 Å². The summed E-state index contributed by atoms with van der Waals surface area (Å²) in [5.41, 5.74) is -0.108. The Balaban J connectivity index is 1.26. The first-order valence-corrected chi connectivity index (χ1v) is 15.4. The van der Waals surface area contributed by atoms with Crippen LogP contribution >= 0.6 is 23.4 Å². The topological polar surface area (TPSA) is 93.5 Å². The Kier molecular flexibility index (Phi) is 9.04. The Hall–Kier alpha value is -3.51. The maximum Gasteiger partial charge on any atom is 0.416 e. The van der Waals surface area contributed by atoms with Crippen LogP contribution < -0.4 is 5.32 Å². The fraction of sp³-hybridized carbons (Fsp3) is 0.419. The van der Waals surface area contributed by atoms with Gasteiger partial charge >= 0.3 is 12.3 Å². The largest absolute Gasteiger partial charge is 0.444 e. The second kappa shape index (κ2) is 12.5. The number of thioether (sulfide) groups is 1. The van der Waals surface area contributed by atoms with Crippen molar-refractivity contribution in [3.63, 3.8) is 0 Å². The molecular weight excluding hydrogens is 617 g/mol. The van der Waals surface area contributed by atoms with E-state index in [-0.39, 0.29) is 51.7 Å². The zero-order valence-corrected chi connectivity index (χ0v) is 26.0. The molecule has 1 saturated heterocycles. The monoisotopic (exact) mass is 648 g/mol. The number of alkyl carbamates (subject to hydrolysis) is 1. The summed E-state index contributed by atoms with van der Waals surface area (Å²) in [5, 5.41) is 7.51. The lowest BCUT2D eigenvalue weighted by molar-refractivity contribution is -0.138. The average molecular weight is 649 g/mol. The summed E-state index contributed by atoms with van der Waals surface area (Å²) >= 11 is 6.68. The summed E-state index contributed by atoms with van der Waals surface area (Å²) in [6, 6.07) is 8.79. The Bertz CT molecular complexity index is 1630. The number of halogens is 4. The van der Waals surface area contributed by atoms with Gasteiger partial charge in [-0.2, -0.15) is 18.3 Å². The summed E-state index contributed by atoms with van der Waals surface area (Å²) in [6.45, 7) is 5.56. The van der Waals surface area contributed by atoms with Crippen LogP contribution in [0.25, 0.3) is 17.0 Å². The van der Waals surface area contributed by atoms with Crippen molar-refractivity contribution in [2.45, 2.75) is 70.8 Å². The average Bonchev–Trinajstić information content (AvgIpc) is 3.43. The van der Waals surface area contributed by atoms with Crippen LogP contribution in [0.2, 0.25) is 5.02 Å². The minimum absolute atomic E-state index is 0.00130. The van der Waals surface area contributed by atoms with Crippen LogP contribution in [0.3, 0.4) is 0 Å². The van der Waals surface area contributed by atoms with E-state index in [4.69, 9.17) is 16.3 Å². The molecule has 0 unspecified atom stereocenters. The SMILES string of the molecule is CC(C)(C)OC(=O)N[C@H]1CCC[C@H](CN2C(=O)SC(=Cc3ccc4c(cnn4Cc4ccc(Cl)cc4C(F)(F)F)c3)C2=O)C1. The molecule has 234 valence electrons. The van der Waals surface area contributed by atoms with E-state index in [9.17, 15) is 27.6 Å². The van der Waals surface area contributed by atoms with Gasteiger partial charge in [0.2, 0.25) is 0 Å². The summed E-state index contributed by atoms with van der Waals surface area (Å²) in [4.78, 5) is 39.8. The summed E-state index contributed by atoms with van der Waals surface area (Å²) in [5.74, 6) is -0.322. The van der Waals surface area contributed by atoms with Gasteiger partial charge in [-0.1, -0.05) is 30.2 Å². The maximum absolute atomic E-state index is 13.6. The fourth-order valence-electron chi connectivity index (χ4n) is 5.56. The van der Waals surface area contributed by atoms with E-state index in [1.165, 1.54) is 21.7 Å². The van der Waals surface area contributed by atoms with Crippen molar-refractivity contribution < 1.29 is 32.3 Å². The quantitative estimate of drug-likeness (QED) is 0.273. The number of amides is 3. The number of benzene rings is 2. The lowest BCUT2D eigenvalue weighted by Crippen LogP contribution is -2.43. The predicted octanol–water partition coefficient (Wildman–Crippen LogP) is 7.88. The third kappa shape index (κ3) is 7.58. The predicted molar refractivity (Wildman–Crippen MR) is 163 cm³/mol. The van der Waals surface area contributed by atoms with E-state index in [0.717, 1.165) is 37.1 Å². The zero-order chi connectivity index (χ0) is 31.8. The molecule has 8 nitrogen and oxygen atoms in total. The molecule has 13 heteroatoms. The van der Waals surface area contributed by atoms with Gasteiger partial charge in [-0.15, -0.1) is 0 Å². The van der Waals surface area contributed by atoms with Crippen molar-refractivity contribution in [1.82, 2.24) is 20.0 Å². The van der Waals surface area contributed by atoms with Gasteiger partial charge < -0.3 is 10.1 Å². The molecule has 3 amide bonds. The molecule has 0 bridgehead atoms. The van der Waals surface area contributed by atoms with Crippen molar-refractivity contribution >= 4 is 57.6 Å². The van der Waals surface area contributed by atoms with E-state index < -0.39 is 23.4 Å². The highest BCUT2D eigenvalue weighted by atomic mass is 35.5. The number of carbonyl (C=O) groups is 3. The second-order valence-corrected chi connectivity index (χ2v) is 13.5. The van der Waals surface area contributed by atoms with Crippen molar-refractivity contribution in [2.75, 3.05) is 6.54 Å². The number of rotatable bonds is 6. The third-order valence-electron chi connectivity index (χ3n) is 7.48. The van der Waals surface area contributed by atoms with Crippen molar-refractivity contribution in [3.8, 4) is 0 Å². The van der Waals surface area contributed by atoms with Crippen molar-refractivity contribution in [3.05, 3.63) is 69.2 Å². The number of alkyl halides is 3. The molecule has 1 aromatic heterocycles. The van der Waals surface area contributed by atoms with Gasteiger partial charge in [0, 0.05) is 23.0 Å². The number of hydrogen-bond acceptors (Lipinski definition) is 6. The van der Waals surface area contributed by atoms with Crippen molar-refractivity contribution in [1.29, 1.82) is 0 Å². The number of nitrogens with one attached hydrogen (secondary N) is 1. The first kappa shape index (κ1) is 31.9. The Morgan fingerprint density at radius 1 is 1.16 bits per heavy atom. The summed E-state index contributed by atoms with van der Waals surface area (Å²) in [6.07, 6.45) is 1.30. The summed E-state index contributed by atoms with van der Waals surface area (Å²) < 4.78 is 47.6. The van der Waals surface area contributed by atoms with E-state index in [1.807, 2.05) is 0 Å². The lowest BCUT2D eigenvalue weighted by Gasteiger charge is -2.32. The molecule has 0 spiro atoms. The molecule has 5 rings (SSSR count). The molecule has 2 aliphatic rings. The highest BCUT2D eigenvalue weighted by Gasteiger charge is 2.38. The van der Waals surface area contributed by atoms with E-state index in [1.54, 1.807) is 51.2 Å². The highest BCUT2D eigenvalue weighted by Crippen LogP contribution is 2.36. The fourth-order valence-corrected chi connectivity index (χ4v) is 6.58. The van der Waals surface area contributed by atoms with Gasteiger partial charge in [-0.3, -0.25) is 19.2 Å².